The Kier molecular flexibility index (Phi) is 6.18. The van der Waals surface area contributed by atoms with Crippen molar-refractivity contribution >= 4 is 28.8 Å². The predicted octanol–water partition coefficient (Wildman–Crippen LogP) is 3.34. The first-order valence-corrected chi connectivity index (χ1v) is 14.5. The number of hydrogen-bond donors (Lipinski definition) is 1. The zero-order valence-corrected chi connectivity index (χ0v) is 23.8. The second-order valence-electron chi connectivity index (χ2n) is 12.7. The molecule has 1 aliphatic carbocycles. The summed E-state index contributed by atoms with van der Waals surface area (Å²) >= 11 is 0. The molecule has 0 unspecified atom stereocenters. The molecule has 3 aliphatic rings. The Morgan fingerprint density at radius 1 is 0.976 bits per heavy atom. The number of carbonyl (C=O) groups excluding carboxylic acids is 3. The summed E-state index contributed by atoms with van der Waals surface area (Å²) in [5.74, 6) is -0.153. The average Bonchev–Trinajstić information content (AvgIpc) is 3.41. The van der Waals surface area contributed by atoms with Crippen LogP contribution < -0.4 is 5.32 Å². The van der Waals surface area contributed by atoms with E-state index in [9.17, 15) is 14.4 Å². The highest BCUT2D eigenvalue weighted by Gasteiger charge is 2.61. The van der Waals surface area contributed by atoms with Gasteiger partial charge in [-0.05, 0) is 29.5 Å². The molecule has 216 valence electrons. The van der Waals surface area contributed by atoms with Gasteiger partial charge in [-0.3, -0.25) is 19.1 Å². The first kappa shape index (κ1) is 26.4. The van der Waals surface area contributed by atoms with Crippen molar-refractivity contribution in [3.05, 3.63) is 84.0 Å². The highest BCUT2D eigenvalue weighted by molar-refractivity contribution is 5.95. The van der Waals surface area contributed by atoms with E-state index in [1.165, 1.54) is 0 Å². The van der Waals surface area contributed by atoms with Crippen molar-refractivity contribution in [1.29, 1.82) is 0 Å². The fourth-order valence-corrected chi connectivity index (χ4v) is 6.58. The minimum absolute atomic E-state index is 0.0355. The van der Waals surface area contributed by atoms with Crippen LogP contribution in [-0.4, -0.2) is 68.5 Å². The van der Waals surface area contributed by atoms with Crippen LogP contribution in [0, 0.1) is 22.7 Å². The van der Waals surface area contributed by atoms with E-state index in [4.69, 9.17) is 4.42 Å². The van der Waals surface area contributed by atoms with Crippen LogP contribution in [-0.2, 0) is 22.7 Å². The Morgan fingerprint density at radius 3 is 2.43 bits per heavy atom. The molecule has 2 saturated heterocycles. The molecule has 0 bridgehead atoms. The van der Waals surface area contributed by atoms with Crippen molar-refractivity contribution < 1.29 is 18.8 Å². The molecule has 7 rings (SSSR count). The number of amides is 3. The molecular formula is C32H34N6O4. The summed E-state index contributed by atoms with van der Waals surface area (Å²) in [5.41, 5.74) is 2.53. The largest absolute Gasteiger partial charge is 0.439 e. The first-order valence-electron chi connectivity index (χ1n) is 14.5. The van der Waals surface area contributed by atoms with Crippen molar-refractivity contribution in [2.45, 2.75) is 33.4 Å². The van der Waals surface area contributed by atoms with Gasteiger partial charge in [-0.1, -0.05) is 56.3 Å². The molecular weight excluding hydrogens is 532 g/mol. The lowest BCUT2D eigenvalue weighted by atomic mass is 9.71. The van der Waals surface area contributed by atoms with Crippen LogP contribution in [0.3, 0.4) is 0 Å². The quantitative estimate of drug-likeness (QED) is 0.367. The summed E-state index contributed by atoms with van der Waals surface area (Å²) in [6.07, 6.45) is 4.24. The third-order valence-corrected chi connectivity index (χ3v) is 9.21. The van der Waals surface area contributed by atoms with E-state index in [1.807, 2.05) is 59.5 Å². The average molecular weight is 567 g/mol. The minimum atomic E-state index is -0.490. The van der Waals surface area contributed by atoms with E-state index in [0.29, 0.717) is 43.2 Å². The van der Waals surface area contributed by atoms with Gasteiger partial charge < -0.3 is 19.5 Å². The molecule has 1 spiro atoms. The molecule has 1 saturated carbocycles. The topological polar surface area (TPSA) is 114 Å². The molecule has 0 radical (unpaired) electrons. The van der Waals surface area contributed by atoms with Crippen LogP contribution in [0.5, 0.6) is 0 Å². The first-order chi connectivity index (χ1) is 20.2. The van der Waals surface area contributed by atoms with E-state index >= 15 is 0 Å². The van der Waals surface area contributed by atoms with Crippen LogP contribution in [0.2, 0.25) is 0 Å². The normalized spacial score (nSPS) is 21.9. The van der Waals surface area contributed by atoms with Crippen LogP contribution in [0.15, 0.2) is 71.4 Å². The SMILES string of the molecule is CC1(C)C[C@@H]1C(=O)N1CC2(CN(C(=O)c3cnn(Cc4ccccc4)c3)C[C@H]2C(=O)NCc2nc3ccccc3o2)C1. The number of fused-ring (bicyclic) bond motifs is 1. The van der Waals surface area contributed by atoms with Gasteiger partial charge in [-0.2, -0.15) is 5.10 Å². The van der Waals surface area contributed by atoms with Crippen LogP contribution >= 0.6 is 0 Å². The Balaban J connectivity index is 1.06. The van der Waals surface area contributed by atoms with Gasteiger partial charge in [0.25, 0.3) is 5.91 Å². The van der Waals surface area contributed by atoms with E-state index in [2.05, 4.69) is 29.2 Å². The number of para-hydroxylation sites is 2. The predicted molar refractivity (Wildman–Crippen MR) is 154 cm³/mol. The van der Waals surface area contributed by atoms with E-state index in [-0.39, 0.29) is 42.1 Å². The summed E-state index contributed by atoms with van der Waals surface area (Å²) in [5, 5.41) is 7.40. The van der Waals surface area contributed by atoms with E-state index in [1.54, 1.807) is 22.0 Å². The van der Waals surface area contributed by atoms with Crippen LogP contribution in [0.1, 0.15) is 42.1 Å². The fraction of sp³-hybridized carbons (Fsp3) is 0.406. The number of nitrogens with one attached hydrogen (secondary N) is 1. The van der Waals surface area contributed by atoms with Gasteiger partial charge in [0.2, 0.25) is 17.7 Å². The minimum Gasteiger partial charge on any atom is -0.439 e. The third-order valence-electron chi connectivity index (χ3n) is 9.21. The summed E-state index contributed by atoms with van der Waals surface area (Å²) in [6, 6.07) is 17.4. The highest BCUT2D eigenvalue weighted by Crippen LogP contribution is 2.54. The van der Waals surface area contributed by atoms with Gasteiger partial charge >= 0.3 is 0 Å². The number of likely N-dealkylation sites (tertiary alicyclic amines) is 2. The third kappa shape index (κ3) is 4.74. The summed E-state index contributed by atoms with van der Waals surface area (Å²) < 4.78 is 7.53. The number of nitrogens with zero attached hydrogens (tertiary/aromatic N) is 5. The molecule has 42 heavy (non-hydrogen) atoms. The Bertz CT molecular complexity index is 1640. The van der Waals surface area contributed by atoms with E-state index < -0.39 is 11.3 Å². The lowest BCUT2D eigenvalue weighted by Gasteiger charge is -2.50. The molecule has 2 aliphatic heterocycles. The van der Waals surface area contributed by atoms with Crippen molar-refractivity contribution in [2.75, 3.05) is 26.2 Å². The second kappa shape index (κ2) is 9.82. The number of rotatable bonds is 7. The van der Waals surface area contributed by atoms with Crippen molar-refractivity contribution in [3.8, 4) is 0 Å². The van der Waals surface area contributed by atoms with Crippen LogP contribution in [0.25, 0.3) is 11.1 Å². The molecule has 10 heteroatoms. The molecule has 2 aromatic carbocycles. The molecule has 1 N–H and O–H groups in total. The Hall–Kier alpha value is -4.47. The zero-order valence-electron chi connectivity index (χ0n) is 23.8. The Labute approximate surface area is 243 Å². The number of aromatic nitrogens is 3. The molecule has 2 atom stereocenters. The molecule has 4 aromatic rings. The van der Waals surface area contributed by atoms with Gasteiger partial charge in [-0.25, -0.2) is 4.98 Å². The maximum absolute atomic E-state index is 13.6. The summed E-state index contributed by atoms with van der Waals surface area (Å²) in [6.45, 7) is 6.57. The Morgan fingerprint density at radius 2 is 1.69 bits per heavy atom. The molecule has 3 amide bonds. The molecule has 10 nitrogen and oxygen atoms in total. The highest BCUT2D eigenvalue weighted by atomic mass is 16.3. The lowest BCUT2D eigenvalue weighted by molar-refractivity contribution is -0.151. The molecule has 4 heterocycles. The molecule has 2 aromatic heterocycles. The lowest BCUT2D eigenvalue weighted by Crippen LogP contribution is -2.64. The fourth-order valence-electron chi connectivity index (χ4n) is 6.58. The number of hydrogen-bond acceptors (Lipinski definition) is 6. The van der Waals surface area contributed by atoms with Crippen molar-refractivity contribution in [3.63, 3.8) is 0 Å². The maximum Gasteiger partial charge on any atom is 0.257 e. The summed E-state index contributed by atoms with van der Waals surface area (Å²) in [7, 11) is 0. The van der Waals surface area contributed by atoms with Crippen LogP contribution in [0.4, 0.5) is 0 Å². The van der Waals surface area contributed by atoms with Crippen molar-refractivity contribution in [2.24, 2.45) is 22.7 Å². The molecule has 3 fully saturated rings. The van der Waals surface area contributed by atoms with E-state index in [0.717, 1.165) is 17.5 Å². The van der Waals surface area contributed by atoms with Gasteiger partial charge in [0, 0.05) is 43.7 Å². The second-order valence-corrected chi connectivity index (χ2v) is 12.7. The zero-order chi connectivity index (χ0) is 29.1. The van der Waals surface area contributed by atoms with Gasteiger partial charge in [0.05, 0.1) is 30.8 Å². The number of oxazole rings is 1. The maximum atomic E-state index is 13.6. The summed E-state index contributed by atoms with van der Waals surface area (Å²) in [4.78, 5) is 48.5. The standard InChI is InChI=1S/C32H34N6O4/c1-31(2)12-23(31)30(41)37-19-32(20-37)18-36(29(40)22-13-34-38(16-22)15-21-8-4-3-5-9-21)17-24(32)28(39)33-14-27-35-25-10-6-7-11-26(25)42-27/h3-11,13,16,23-24H,12,14-15,17-20H2,1-2H3,(H,33,39)/t23-,24+/m1/s1. The van der Waals surface area contributed by atoms with Gasteiger partial charge in [-0.15, -0.1) is 0 Å². The monoisotopic (exact) mass is 566 g/mol. The van der Waals surface area contributed by atoms with Gasteiger partial charge in [0.15, 0.2) is 5.58 Å². The van der Waals surface area contributed by atoms with Crippen molar-refractivity contribution in [1.82, 2.24) is 29.9 Å². The van der Waals surface area contributed by atoms with Gasteiger partial charge in [0.1, 0.15) is 5.52 Å². The number of carbonyl (C=O) groups is 3. The number of benzene rings is 2. The smallest absolute Gasteiger partial charge is 0.257 e.